The van der Waals surface area contributed by atoms with E-state index in [-0.39, 0.29) is 11.5 Å². The molecule has 1 atom stereocenters. The Labute approximate surface area is 118 Å². The second-order valence-corrected chi connectivity index (χ2v) is 5.09. The van der Waals surface area contributed by atoms with Crippen molar-refractivity contribution in [3.05, 3.63) is 34.2 Å². The van der Waals surface area contributed by atoms with E-state index in [2.05, 4.69) is 15.2 Å². The highest BCUT2D eigenvalue weighted by molar-refractivity contribution is 5.92. The van der Waals surface area contributed by atoms with E-state index in [1.165, 1.54) is 6.07 Å². The largest absolute Gasteiger partial charge is 0.383 e. The van der Waals surface area contributed by atoms with E-state index >= 15 is 0 Å². The summed E-state index contributed by atoms with van der Waals surface area (Å²) in [6.45, 7) is 4.34. The van der Waals surface area contributed by atoms with Gasteiger partial charge in [0.2, 0.25) is 5.56 Å². The van der Waals surface area contributed by atoms with Crippen LogP contribution in [0.15, 0.2) is 23.0 Å². The molecule has 6 nitrogen and oxygen atoms in total. The third-order valence-corrected chi connectivity index (χ3v) is 3.55. The van der Waals surface area contributed by atoms with E-state index in [4.69, 9.17) is 4.74 Å². The number of methoxy groups -OCH3 is 1. The number of hydrogen-bond acceptors (Lipinski definition) is 4. The van der Waals surface area contributed by atoms with Gasteiger partial charge in [-0.1, -0.05) is 6.07 Å². The molecule has 0 saturated carbocycles. The first-order valence-electron chi connectivity index (χ1n) is 6.88. The van der Waals surface area contributed by atoms with E-state index < -0.39 is 0 Å². The van der Waals surface area contributed by atoms with Crippen molar-refractivity contribution in [2.24, 2.45) is 5.92 Å². The Morgan fingerprint density at radius 1 is 1.55 bits per heavy atom. The maximum absolute atomic E-state index is 11.9. The van der Waals surface area contributed by atoms with Gasteiger partial charge in [-0.05, 0) is 24.9 Å². The molecule has 1 amide bonds. The van der Waals surface area contributed by atoms with Crippen LogP contribution in [0, 0.1) is 5.92 Å². The number of H-pyrrole nitrogens is 1. The van der Waals surface area contributed by atoms with Gasteiger partial charge in [-0.2, -0.15) is 0 Å². The molecule has 1 saturated heterocycles. The second kappa shape index (κ2) is 7.21. The predicted octanol–water partition coefficient (Wildman–Crippen LogP) is 0.0730. The number of amides is 1. The molecule has 0 radical (unpaired) electrons. The molecule has 1 aliphatic rings. The predicted molar refractivity (Wildman–Crippen MR) is 75.8 cm³/mol. The lowest BCUT2D eigenvalue weighted by Crippen LogP contribution is -2.32. The fraction of sp³-hybridized carbons (Fsp3) is 0.571. The maximum atomic E-state index is 11.9. The molecule has 1 aliphatic heterocycles. The van der Waals surface area contributed by atoms with E-state index in [0.29, 0.717) is 18.2 Å². The highest BCUT2D eigenvalue weighted by atomic mass is 16.5. The lowest BCUT2D eigenvalue weighted by atomic mass is 10.1. The number of hydrogen-bond donors (Lipinski definition) is 2. The van der Waals surface area contributed by atoms with Crippen molar-refractivity contribution in [3.8, 4) is 0 Å². The fourth-order valence-electron chi connectivity index (χ4n) is 2.42. The SMILES string of the molecule is COCCN1CCC(CNC(=O)c2cccc(=O)[nH]2)C1. The van der Waals surface area contributed by atoms with E-state index in [9.17, 15) is 9.59 Å². The van der Waals surface area contributed by atoms with Crippen molar-refractivity contribution >= 4 is 5.91 Å². The summed E-state index contributed by atoms with van der Waals surface area (Å²) in [5.41, 5.74) is 0.0518. The highest BCUT2D eigenvalue weighted by Crippen LogP contribution is 2.14. The Hall–Kier alpha value is -1.66. The summed E-state index contributed by atoms with van der Waals surface area (Å²) in [4.78, 5) is 27.9. The van der Waals surface area contributed by atoms with Crippen LogP contribution in [0.4, 0.5) is 0 Å². The van der Waals surface area contributed by atoms with Gasteiger partial charge < -0.3 is 19.9 Å². The number of pyridine rings is 1. The second-order valence-electron chi connectivity index (χ2n) is 5.09. The Morgan fingerprint density at radius 2 is 2.40 bits per heavy atom. The maximum Gasteiger partial charge on any atom is 0.267 e. The van der Waals surface area contributed by atoms with E-state index in [1.807, 2.05) is 0 Å². The van der Waals surface area contributed by atoms with Crippen molar-refractivity contribution < 1.29 is 9.53 Å². The molecule has 2 N–H and O–H groups in total. The molecule has 0 aliphatic carbocycles. The van der Waals surface area contributed by atoms with Gasteiger partial charge in [0, 0.05) is 32.8 Å². The Morgan fingerprint density at radius 3 is 3.15 bits per heavy atom. The standard InChI is InChI=1S/C14H21N3O3/c1-20-8-7-17-6-5-11(10-17)9-15-14(19)12-3-2-4-13(18)16-12/h2-4,11H,5-10H2,1H3,(H,15,19)(H,16,18). The molecule has 20 heavy (non-hydrogen) atoms. The molecule has 0 bridgehead atoms. The molecular weight excluding hydrogens is 258 g/mol. The Bertz CT molecular complexity index is 500. The summed E-state index contributed by atoms with van der Waals surface area (Å²) >= 11 is 0. The van der Waals surface area contributed by atoms with Crippen molar-refractivity contribution in [1.82, 2.24) is 15.2 Å². The van der Waals surface area contributed by atoms with Crippen molar-refractivity contribution in [3.63, 3.8) is 0 Å². The van der Waals surface area contributed by atoms with Gasteiger partial charge >= 0.3 is 0 Å². The minimum atomic E-state index is -0.260. The number of ether oxygens (including phenoxy) is 1. The number of rotatable bonds is 6. The van der Waals surface area contributed by atoms with Crippen molar-refractivity contribution in [2.45, 2.75) is 6.42 Å². The lowest BCUT2D eigenvalue weighted by molar-refractivity contribution is 0.0941. The molecule has 6 heteroatoms. The molecule has 1 fully saturated rings. The van der Waals surface area contributed by atoms with Gasteiger partial charge in [0.25, 0.3) is 5.91 Å². The van der Waals surface area contributed by atoms with E-state index in [1.54, 1.807) is 19.2 Å². The van der Waals surface area contributed by atoms with Gasteiger partial charge in [-0.15, -0.1) is 0 Å². The quantitative estimate of drug-likeness (QED) is 0.773. The van der Waals surface area contributed by atoms with Crippen LogP contribution in [-0.4, -0.2) is 55.7 Å². The average molecular weight is 279 g/mol. The minimum Gasteiger partial charge on any atom is -0.383 e. The van der Waals surface area contributed by atoms with Gasteiger partial charge in [0.1, 0.15) is 5.69 Å². The van der Waals surface area contributed by atoms with Crippen molar-refractivity contribution in [1.29, 1.82) is 0 Å². The summed E-state index contributed by atoms with van der Waals surface area (Å²) in [5.74, 6) is 0.240. The normalized spacial score (nSPS) is 19.1. The Balaban J connectivity index is 1.76. The molecule has 1 aromatic heterocycles. The third kappa shape index (κ3) is 4.18. The van der Waals surface area contributed by atoms with Gasteiger partial charge in [0.05, 0.1) is 6.61 Å². The molecule has 0 aromatic carbocycles. The number of aromatic nitrogens is 1. The number of likely N-dealkylation sites (tertiary alicyclic amines) is 1. The van der Waals surface area contributed by atoms with Crippen molar-refractivity contribution in [2.75, 3.05) is 39.9 Å². The lowest BCUT2D eigenvalue weighted by Gasteiger charge is -2.15. The molecule has 0 spiro atoms. The van der Waals surface area contributed by atoms with Crippen LogP contribution in [-0.2, 0) is 4.74 Å². The summed E-state index contributed by atoms with van der Waals surface area (Å²) in [6, 6.07) is 4.58. The average Bonchev–Trinajstić information content (AvgIpc) is 2.90. The fourth-order valence-corrected chi connectivity index (χ4v) is 2.42. The molecule has 1 unspecified atom stereocenters. The van der Waals surface area contributed by atoms with Crippen LogP contribution in [0.5, 0.6) is 0 Å². The first kappa shape index (κ1) is 14.7. The number of nitrogens with zero attached hydrogens (tertiary/aromatic N) is 1. The van der Waals surface area contributed by atoms with Crippen LogP contribution in [0.1, 0.15) is 16.9 Å². The highest BCUT2D eigenvalue weighted by Gasteiger charge is 2.22. The summed E-state index contributed by atoms with van der Waals surface area (Å²) in [5, 5.41) is 2.88. The number of carbonyl (C=O) groups is 1. The van der Waals surface area contributed by atoms with Crippen LogP contribution < -0.4 is 10.9 Å². The Kier molecular flexibility index (Phi) is 5.31. The zero-order chi connectivity index (χ0) is 14.4. The summed E-state index contributed by atoms with van der Waals surface area (Å²) in [6.07, 6.45) is 1.08. The van der Waals surface area contributed by atoms with Gasteiger partial charge in [-0.25, -0.2) is 0 Å². The molecular formula is C14H21N3O3. The van der Waals surface area contributed by atoms with Crippen LogP contribution in [0.3, 0.4) is 0 Å². The molecule has 2 rings (SSSR count). The molecule has 110 valence electrons. The van der Waals surface area contributed by atoms with E-state index in [0.717, 1.165) is 32.7 Å². The van der Waals surface area contributed by atoms with Gasteiger partial charge in [0.15, 0.2) is 0 Å². The topological polar surface area (TPSA) is 74.4 Å². The summed E-state index contributed by atoms with van der Waals surface area (Å²) in [7, 11) is 1.70. The third-order valence-electron chi connectivity index (χ3n) is 3.55. The number of aromatic amines is 1. The van der Waals surface area contributed by atoms with Crippen LogP contribution >= 0.6 is 0 Å². The minimum absolute atomic E-state index is 0.224. The molecule has 1 aromatic rings. The molecule has 2 heterocycles. The van der Waals surface area contributed by atoms with Crippen LogP contribution in [0.2, 0.25) is 0 Å². The van der Waals surface area contributed by atoms with Gasteiger partial charge in [-0.3, -0.25) is 9.59 Å². The first-order chi connectivity index (χ1) is 9.69. The zero-order valence-electron chi connectivity index (χ0n) is 11.7. The smallest absolute Gasteiger partial charge is 0.267 e. The van der Waals surface area contributed by atoms with Crippen LogP contribution in [0.25, 0.3) is 0 Å². The monoisotopic (exact) mass is 279 g/mol. The zero-order valence-corrected chi connectivity index (χ0v) is 11.7. The number of nitrogens with one attached hydrogen (secondary N) is 2. The first-order valence-corrected chi connectivity index (χ1v) is 6.88. The number of carbonyl (C=O) groups excluding carboxylic acids is 1. The summed E-state index contributed by atoms with van der Waals surface area (Å²) < 4.78 is 5.06.